The Balaban J connectivity index is 0. The molecule has 0 spiro atoms. The maximum atomic E-state index is 12.1. The molecule has 0 saturated carbocycles. The van der Waals surface area contributed by atoms with Gasteiger partial charge >= 0.3 is 59.7 Å². The Morgan fingerprint density at radius 2 is 0.948 bits per heavy atom. The van der Waals surface area contributed by atoms with Crippen LogP contribution >= 0.6 is 0 Å². The molecule has 0 aliphatic carbocycles. The Labute approximate surface area is 457 Å². The second-order valence-corrected chi connectivity index (χ2v) is 17.6. The molecule has 0 aromatic carbocycles. The molecule has 2 rings (SSSR count). The van der Waals surface area contributed by atoms with Gasteiger partial charge in [0, 0.05) is 52.7 Å². The molecule has 77 heavy (non-hydrogen) atoms. The molecule has 0 N–H and O–H groups in total. The summed E-state index contributed by atoms with van der Waals surface area (Å²) in [6, 6.07) is 0. The maximum Gasteiger partial charge on any atom is 0.338 e. The van der Waals surface area contributed by atoms with Crippen molar-refractivity contribution in [2.45, 2.75) is 190 Å². The summed E-state index contributed by atoms with van der Waals surface area (Å²) in [5, 5.41) is 0. The van der Waals surface area contributed by atoms with E-state index in [0.717, 1.165) is 115 Å². The first-order valence-corrected chi connectivity index (χ1v) is 26.5. The minimum Gasteiger partial charge on any atom is -0.462 e. The summed E-state index contributed by atoms with van der Waals surface area (Å²) in [4.78, 5) is 111. The van der Waals surface area contributed by atoms with Gasteiger partial charge in [-0.3, -0.25) is 38.4 Å². The van der Waals surface area contributed by atoms with Gasteiger partial charge in [-0.25, -0.2) is 9.59 Å². The molecule has 0 bridgehead atoms. The van der Waals surface area contributed by atoms with Crippen LogP contribution in [0.1, 0.15) is 177 Å². The average Bonchev–Trinajstić information content (AvgIpc) is 3.93. The van der Waals surface area contributed by atoms with Crippen LogP contribution in [-0.4, -0.2) is 98.3 Å². The molecule has 0 amide bonds. The molecular weight excluding hydrogens is 997 g/mol. The predicted octanol–water partition coefficient (Wildman–Crippen LogP) is 10.8. The van der Waals surface area contributed by atoms with Crippen LogP contribution in [0.2, 0.25) is 0 Å². The lowest BCUT2D eigenvalue weighted by Gasteiger charge is -2.17. The Kier molecular flexibility index (Phi) is 45.9. The Morgan fingerprint density at radius 3 is 1.38 bits per heavy atom. The van der Waals surface area contributed by atoms with Gasteiger partial charge in [0.05, 0.1) is 12.3 Å². The van der Waals surface area contributed by atoms with Crippen molar-refractivity contribution in [3.63, 3.8) is 0 Å². The Bertz CT molecular complexity index is 1960. The monoisotopic (exact) mass is 1080 g/mol. The zero-order chi connectivity index (χ0) is 56.6. The van der Waals surface area contributed by atoms with Crippen LogP contribution in [0.15, 0.2) is 85.1 Å². The van der Waals surface area contributed by atoms with Gasteiger partial charge in [0.25, 0.3) is 0 Å². The van der Waals surface area contributed by atoms with E-state index in [-0.39, 0.29) is 58.6 Å². The third-order valence-electron chi connectivity index (χ3n) is 10.7. The van der Waals surface area contributed by atoms with Gasteiger partial charge in [-0.05, 0) is 70.1 Å². The molecule has 18 nitrogen and oxygen atoms in total. The smallest absolute Gasteiger partial charge is 0.338 e. The lowest BCUT2D eigenvalue weighted by atomic mass is 9.86. The molecule has 4 atom stereocenters. The zero-order valence-corrected chi connectivity index (χ0v) is 45.7. The van der Waals surface area contributed by atoms with Gasteiger partial charge in [0.1, 0.15) is 26.4 Å². The molecular formula is C59H88O18. The first-order valence-electron chi connectivity index (χ1n) is 26.5. The van der Waals surface area contributed by atoms with Gasteiger partial charge in [-0.1, -0.05) is 139 Å². The Hall–Kier alpha value is -6.72. The topological polar surface area (TPSA) is 245 Å². The number of rotatable bonds is 37. The third kappa shape index (κ3) is 46.3. The maximum absolute atomic E-state index is 12.1. The van der Waals surface area contributed by atoms with Gasteiger partial charge in [-0.15, -0.1) is 0 Å². The van der Waals surface area contributed by atoms with Crippen molar-refractivity contribution >= 4 is 59.7 Å². The van der Waals surface area contributed by atoms with Crippen LogP contribution in [0.4, 0.5) is 0 Å². The van der Waals surface area contributed by atoms with Gasteiger partial charge in [0.15, 0.2) is 12.2 Å². The van der Waals surface area contributed by atoms with E-state index in [2.05, 4.69) is 67.2 Å². The summed E-state index contributed by atoms with van der Waals surface area (Å²) < 4.78 is 38.6. The second kappa shape index (κ2) is 48.9. The van der Waals surface area contributed by atoms with E-state index in [1.807, 2.05) is 24.3 Å². The number of carbonyl (C=O) groups excluding carboxylic acids is 10. The van der Waals surface area contributed by atoms with Crippen molar-refractivity contribution in [2.75, 3.05) is 26.4 Å². The highest BCUT2D eigenvalue weighted by Gasteiger charge is 2.37. The summed E-state index contributed by atoms with van der Waals surface area (Å²) in [5.74, 6) is -5.35. The van der Waals surface area contributed by atoms with E-state index in [1.54, 1.807) is 0 Å². The number of unbranched alkanes of at least 4 members (excludes halogenated alkanes) is 9. The molecule has 1 saturated heterocycles. The molecule has 18 heteroatoms. The highest BCUT2D eigenvalue weighted by Crippen LogP contribution is 2.30. The largest absolute Gasteiger partial charge is 0.462 e. The number of carbonyl (C=O) groups is 10. The molecule has 0 aromatic rings. The van der Waals surface area contributed by atoms with Crippen LogP contribution < -0.4 is 0 Å². The van der Waals surface area contributed by atoms with Crippen LogP contribution in [0, 0.1) is 11.8 Å². The average molecular weight is 1090 g/mol. The number of cyclic esters (lactones) is 4. The van der Waals surface area contributed by atoms with Crippen LogP contribution in [-0.2, 0) is 85.8 Å². The van der Waals surface area contributed by atoms with Crippen molar-refractivity contribution in [1.82, 2.24) is 0 Å². The van der Waals surface area contributed by atoms with E-state index in [4.69, 9.17) is 33.2 Å². The lowest BCUT2D eigenvalue weighted by molar-refractivity contribution is -0.164. The van der Waals surface area contributed by atoms with E-state index >= 15 is 0 Å². The summed E-state index contributed by atoms with van der Waals surface area (Å²) in [6.45, 7) is 8.64. The minimum absolute atomic E-state index is 0. The molecule has 432 valence electrons. The van der Waals surface area contributed by atoms with Crippen molar-refractivity contribution in [3.8, 4) is 0 Å². The second-order valence-electron chi connectivity index (χ2n) is 17.6. The Morgan fingerprint density at radius 1 is 0.519 bits per heavy atom. The lowest BCUT2D eigenvalue weighted by Crippen LogP contribution is -2.29. The number of hydrogen-bond donors (Lipinski definition) is 0. The van der Waals surface area contributed by atoms with Crippen LogP contribution in [0.3, 0.4) is 0 Å². The first kappa shape index (κ1) is 72.4. The highest BCUT2D eigenvalue weighted by atomic mass is 16.6. The van der Waals surface area contributed by atoms with Crippen molar-refractivity contribution < 1.29 is 85.8 Å². The first-order chi connectivity index (χ1) is 36.5. The summed E-state index contributed by atoms with van der Waals surface area (Å²) in [6.07, 6.45) is 42.8. The number of hydrogen-bond acceptors (Lipinski definition) is 18. The predicted molar refractivity (Wildman–Crippen MR) is 290 cm³/mol. The quantitative estimate of drug-likeness (QED) is 0.0140. The van der Waals surface area contributed by atoms with E-state index < -0.39 is 71.8 Å². The number of allylic oxidation sites excluding steroid dienone is 12. The molecule has 0 radical (unpaired) electrons. The molecule has 4 unspecified atom stereocenters. The van der Waals surface area contributed by atoms with Crippen LogP contribution in [0.25, 0.3) is 0 Å². The van der Waals surface area contributed by atoms with Crippen molar-refractivity contribution in [2.24, 2.45) is 11.8 Å². The fourth-order valence-corrected chi connectivity index (χ4v) is 6.97. The standard InChI is InChI=1S/C29H42O9.C25H40O6.C4H2O3.CH4/c1-4-5-6-7-8-10-13-16-24(26-19-28(33)38-29(26)34)17-14-11-9-12-15-18-27(32)36-21-25(37-23(3)31)20-35-22(2)30;1-4-5-6-7-8-9-10-11-12-13-14-15-16-17-18-19-25(28)30-21-24(31-23(3)27)20-29-22(2)26;5-3-1-2-4(6)7-3;/h5-6,8,10,13,16,24-26H,4,7,9,11-12,14-15,17-21H2,1-3H3;5-6,8-9,11-12,24H,4,7,10,13-21H2,1-3H3;1-2H;1H4/b6-5+,10-8+,16-13+;6-5+,9-8+,12-11+;;. The fourth-order valence-electron chi connectivity index (χ4n) is 6.97. The number of ether oxygens (including phenoxy) is 8. The van der Waals surface area contributed by atoms with E-state index in [9.17, 15) is 47.9 Å². The molecule has 2 heterocycles. The van der Waals surface area contributed by atoms with E-state index in [1.165, 1.54) is 27.7 Å². The normalized spacial score (nSPS) is 15.1. The molecule has 1 fully saturated rings. The third-order valence-corrected chi connectivity index (χ3v) is 10.7. The van der Waals surface area contributed by atoms with Gasteiger partial charge < -0.3 is 37.9 Å². The number of esters is 10. The SMILES string of the molecule is C.CC/C=C/C/C=C/C/C=C/CCCCCCCC(=O)OCC(COC(C)=O)OC(C)=O.CC/C=C/C/C=C/C=C/C(CCCCCCCC(=O)OCC(COC(C)=O)OC(C)=O)C1CC(=O)OC1=O.O=C1C=CC(=O)O1. The van der Waals surface area contributed by atoms with Gasteiger partial charge in [-0.2, -0.15) is 0 Å². The zero-order valence-electron chi connectivity index (χ0n) is 45.7. The van der Waals surface area contributed by atoms with Crippen molar-refractivity contribution in [1.29, 1.82) is 0 Å². The summed E-state index contributed by atoms with van der Waals surface area (Å²) in [7, 11) is 0. The summed E-state index contributed by atoms with van der Waals surface area (Å²) in [5.41, 5.74) is 0. The fraction of sp³-hybridized carbons (Fsp3) is 0.593. The molecule has 0 aromatic heterocycles. The van der Waals surface area contributed by atoms with Crippen molar-refractivity contribution in [3.05, 3.63) is 85.1 Å². The van der Waals surface area contributed by atoms with E-state index in [0.29, 0.717) is 12.8 Å². The minimum atomic E-state index is -0.830. The molecule has 2 aliphatic rings. The van der Waals surface area contributed by atoms with Crippen LogP contribution in [0.5, 0.6) is 0 Å². The van der Waals surface area contributed by atoms with Gasteiger partial charge in [0.2, 0.25) is 0 Å². The summed E-state index contributed by atoms with van der Waals surface area (Å²) >= 11 is 0. The molecule has 2 aliphatic heterocycles. The highest BCUT2D eigenvalue weighted by molar-refractivity contribution is 6.05.